The number of nitrogens with one attached hydrogen (secondary N) is 1. The van der Waals surface area contributed by atoms with Gasteiger partial charge in [-0.3, -0.25) is 4.79 Å². The molecule has 3 aromatic rings. The van der Waals surface area contributed by atoms with E-state index in [2.05, 4.69) is 21.2 Å². The Morgan fingerprint density at radius 3 is 2.48 bits per heavy atom. The first-order chi connectivity index (χ1) is 10.1. The van der Waals surface area contributed by atoms with Gasteiger partial charge in [0.15, 0.2) is 0 Å². The van der Waals surface area contributed by atoms with E-state index < -0.39 is 0 Å². The standard InChI is InChI=1S/C17H11BrClNO/c18-16-10-13(19)6-8-15(16)17(21)20-14-7-5-11-3-1-2-4-12(11)9-14/h1-10H,(H,20,21). The molecule has 0 aliphatic heterocycles. The number of rotatable bonds is 2. The number of benzene rings is 3. The van der Waals surface area contributed by atoms with E-state index in [9.17, 15) is 4.79 Å². The highest BCUT2D eigenvalue weighted by Gasteiger charge is 2.10. The third kappa shape index (κ3) is 3.09. The van der Waals surface area contributed by atoms with Gasteiger partial charge in [-0.1, -0.05) is 41.9 Å². The molecule has 1 amide bonds. The van der Waals surface area contributed by atoms with E-state index in [1.807, 2.05) is 42.5 Å². The summed E-state index contributed by atoms with van der Waals surface area (Å²) in [6.45, 7) is 0. The van der Waals surface area contributed by atoms with E-state index in [1.165, 1.54) is 0 Å². The first kappa shape index (κ1) is 14.1. The van der Waals surface area contributed by atoms with Gasteiger partial charge in [-0.15, -0.1) is 0 Å². The number of hydrogen-bond acceptors (Lipinski definition) is 1. The van der Waals surface area contributed by atoms with Crippen LogP contribution in [0.25, 0.3) is 10.8 Å². The molecule has 104 valence electrons. The Morgan fingerprint density at radius 2 is 1.71 bits per heavy atom. The summed E-state index contributed by atoms with van der Waals surface area (Å²) < 4.78 is 0.674. The van der Waals surface area contributed by atoms with Crippen LogP contribution in [0.15, 0.2) is 65.1 Å². The maximum Gasteiger partial charge on any atom is 0.256 e. The fourth-order valence-corrected chi connectivity index (χ4v) is 3.00. The summed E-state index contributed by atoms with van der Waals surface area (Å²) in [4.78, 5) is 12.3. The first-order valence-corrected chi connectivity index (χ1v) is 7.56. The number of carbonyl (C=O) groups excluding carboxylic acids is 1. The third-order valence-corrected chi connectivity index (χ3v) is 4.07. The molecule has 0 saturated carbocycles. The molecule has 0 fully saturated rings. The van der Waals surface area contributed by atoms with Gasteiger partial charge >= 0.3 is 0 Å². The summed E-state index contributed by atoms with van der Waals surface area (Å²) in [7, 11) is 0. The predicted molar refractivity (Wildman–Crippen MR) is 91.1 cm³/mol. The van der Waals surface area contributed by atoms with Crippen LogP contribution < -0.4 is 5.32 Å². The molecule has 4 heteroatoms. The lowest BCUT2D eigenvalue weighted by molar-refractivity contribution is 0.102. The second kappa shape index (κ2) is 5.88. The largest absolute Gasteiger partial charge is 0.322 e. The van der Waals surface area contributed by atoms with Crippen LogP contribution >= 0.6 is 27.5 Å². The van der Waals surface area contributed by atoms with Gasteiger partial charge in [-0.2, -0.15) is 0 Å². The van der Waals surface area contributed by atoms with Crippen LogP contribution in [-0.4, -0.2) is 5.91 Å². The van der Waals surface area contributed by atoms with Crippen molar-refractivity contribution >= 4 is 49.9 Å². The highest BCUT2D eigenvalue weighted by atomic mass is 79.9. The van der Waals surface area contributed by atoms with Crippen LogP contribution in [-0.2, 0) is 0 Å². The predicted octanol–water partition coefficient (Wildman–Crippen LogP) is 5.51. The summed E-state index contributed by atoms with van der Waals surface area (Å²) in [5, 5.41) is 5.72. The van der Waals surface area contributed by atoms with Gasteiger partial charge in [-0.25, -0.2) is 0 Å². The minimum Gasteiger partial charge on any atom is -0.322 e. The van der Waals surface area contributed by atoms with Crippen molar-refractivity contribution in [3.8, 4) is 0 Å². The van der Waals surface area contributed by atoms with Crippen molar-refractivity contribution in [1.29, 1.82) is 0 Å². The molecular weight excluding hydrogens is 350 g/mol. The van der Waals surface area contributed by atoms with E-state index in [-0.39, 0.29) is 5.91 Å². The van der Waals surface area contributed by atoms with Crippen LogP contribution in [0, 0.1) is 0 Å². The van der Waals surface area contributed by atoms with Crippen molar-refractivity contribution in [3.05, 3.63) is 75.7 Å². The van der Waals surface area contributed by atoms with Crippen molar-refractivity contribution in [3.63, 3.8) is 0 Å². The molecule has 1 N–H and O–H groups in total. The Hall–Kier alpha value is -1.84. The molecule has 0 aliphatic carbocycles. The van der Waals surface area contributed by atoms with Gasteiger partial charge in [0.2, 0.25) is 0 Å². The molecule has 0 bridgehead atoms. The Balaban J connectivity index is 1.89. The van der Waals surface area contributed by atoms with E-state index in [0.717, 1.165) is 16.5 Å². The second-order valence-corrected chi connectivity index (χ2v) is 5.93. The number of fused-ring (bicyclic) bond motifs is 1. The maximum atomic E-state index is 12.3. The normalized spacial score (nSPS) is 10.6. The molecule has 0 spiro atoms. The number of hydrogen-bond donors (Lipinski definition) is 1. The van der Waals surface area contributed by atoms with E-state index in [0.29, 0.717) is 15.1 Å². The maximum absolute atomic E-state index is 12.3. The fourth-order valence-electron chi connectivity index (χ4n) is 2.14. The number of amides is 1. The van der Waals surface area contributed by atoms with Crippen LogP contribution in [0.2, 0.25) is 5.02 Å². The molecule has 0 radical (unpaired) electrons. The Kier molecular flexibility index (Phi) is 3.95. The second-order valence-electron chi connectivity index (χ2n) is 4.64. The summed E-state index contributed by atoms with van der Waals surface area (Å²) in [6, 6.07) is 19.0. The molecule has 0 heterocycles. The van der Waals surface area contributed by atoms with Crippen molar-refractivity contribution in [2.24, 2.45) is 0 Å². The molecule has 0 atom stereocenters. The van der Waals surface area contributed by atoms with Crippen LogP contribution in [0.3, 0.4) is 0 Å². The lowest BCUT2D eigenvalue weighted by atomic mass is 10.1. The highest BCUT2D eigenvalue weighted by Crippen LogP contribution is 2.24. The lowest BCUT2D eigenvalue weighted by Crippen LogP contribution is -2.12. The van der Waals surface area contributed by atoms with Crippen molar-refractivity contribution in [1.82, 2.24) is 0 Å². The minimum atomic E-state index is -0.172. The van der Waals surface area contributed by atoms with E-state index in [4.69, 9.17) is 11.6 Å². The van der Waals surface area contributed by atoms with Gasteiger partial charge in [0.1, 0.15) is 0 Å². The third-order valence-electron chi connectivity index (χ3n) is 3.18. The Morgan fingerprint density at radius 1 is 0.952 bits per heavy atom. The molecule has 0 saturated heterocycles. The molecule has 0 aromatic heterocycles. The zero-order chi connectivity index (χ0) is 14.8. The van der Waals surface area contributed by atoms with E-state index >= 15 is 0 Å². The van der Waals surface area contributed by atoms with Gasteiger partial charge in [-0.05, 0) is 57.0 Å². The zero-order valence-corrected chi connectivity index (χ0v) is 13.3. The van der Waals surface area contributed by atoms with Crippen molar-refractivity contribution in [2.45, 2.75) is 0 Å². The Bertz CT molecular complexity index is 832. The molecule has 2 nitrogen and oxygen atoms in total. The highest BCUT2D eigenvalue weighted by molar-refractivity contribution is 9.10. The van der Waals surface area contributed by atoms with Gasteiger partial charge in [0, 0.05) is 15.2 Å². The smallest absolute Gasteiger partial charge is 0.256 e. The van der Waals surface area contributed by atoms with Crippen LogP contribution in [0.4, 0.5) is 5.69 Å². The monoisotopic (exact) mass is 359 g/mol. The summed E-state index contributed by atoms with van der Waals surface area (Å²) in [6.07, 6.45) is 0. The zero-order valence-electron chi connectivity index (χ0n) is 10.9. The molecule has 0 aliphatic rings. The quantitative estimate of drug-likeness (QED) is 0.641. The topological polar surface area (TPSA) is 29.1 Å². The van der Waals surface area contributed by atoms with Gasteiger partial charge < -0.3 is 5.32 Å². The van der Waals surface area contributed by atoms with Crippen LogP contribution in [0.1, 0.15) is 10.4 Å². The molecule has 21 heavy (non-hydrogen) atoms. The average molecular weight is 361 g/mol. The summed E-state index contributed by atoms with van der Waals surface area (Å²) in [5.74, 6) is -0.172. The average Bonchev–Trinajstić information content (AvgIpc) is 2.47. The van der Waals surface area contributed by atoms with Crippen LogP contribution in [0.5, 0.6) is 0 Å². The molecular formula is C17H11BrClNO. The molecule has 3 aromatic carbocycles. The summed E-state index contributed by atoms with van der Waals surface area (Å²) in [5.41, 5.74) is 1.31. The van der Waals surface area contributed by atoms with Gasteiger partial charge in [0.25, 0.3) is 5.91 Å². The van der Waals surface area contributed by atoms with Gasteiger partial charge in [0.05, 0.1) is 5.56 Å². The van der Waals surface area contributed by atoms with E-state index in [1.54, 1.807) is 18.2 Å². The number of halogens is 2. The molecule has 3 rings (SSSR count). The summed E-state index contributed by atoms with van der Waals surface area (Å²) >= 11 is 9.24. The fraction of sp³-hybridized carbons (Fsp3) is 0. The number of carbonyl (C=O) groups is 1. The lowest BCUT2D eigenvalue weighted by Gasteiger charge is -2.08. The number of anilines is 1. The first-order valence-electron chi connectivity index (χ1n) is 6.39. The van der Waals surface area contributed by atoms with Crippen molar-refractivity contribution < 1.29 is 4.79 Å². The molecule has 0 unspecified atom stereocenters. The SMILES string of the molecule is O=C(Nc1ccc2ccccc2c1)c1ccc(Cl)cc1Br. The van der Waals surface area contributed by atoms with Crippen molar-refractivity contribution in [2.75, 3.05) is 5.32 Å². The minimum absolute atomic E-state index is 0.172. The Labute approximate surface area is 135 Å².